The van der Waals surface area contributed by atoms with E-state index in [0.29, 0.717) is 6.42 Å². The van der Waals surface area contributed by atoms with Crippen LogP contribution in [0.5, 0.6) is 0 Å². The number of esters is 1. The topological polar surface area (TPSA) is 26.3 Å². The highest BCUT2D eigenvalue weighted by Crippen LogP contribution is 2.38. The molecule has 1 aliphatic heterocycles. The van der Waals surface area contributed by atoms with Gasteiger partial charge in [0.15, 0.2) is 5.44 Å². The Kier molecular flexibility index (Phi) is 4.92. The largest absolute Gasteiger partial charge is 0.450 e. The van der Waals surface area contributed by atoms with Gasteiger partial charge in [0.2, 0.25) is 0 Å². The smallest absolute Gasteiger partial charge is 0.306 e. The van der Waals surface area contributed by atoms with Crippen LogP contribution in [0.3, 0.4) is 0 Å². The molecule has 0 spiro atoms. The lowest BCUT2D eigenvalue weighted by Crippen LogP contribution is -2.11. The summed E-state index contributed by atoms with van der Waals surface area (Å²) in [5.41, 5.74) is 0.124. The Labute approximate surface area is 81.2 Å². The summed E-state index contributed by atoms with van der Waals surface area (Å²) in [7, 11) is 3.47. The maximum absolute atomic E-state index is 11.1. The Morgan fingerprint density at radius 2 is 2.50 bits per heavy atom. The quantitative estimate of drug-likeness (QED) is 0.522. The van der Waals surface area contributed by atoms with E-state index in [2.05, 4.69) is 6.92 Å². The fourth-order valence-corrected chi connectivity index (χ4v) is 3.43. The second kappa shape index (κ2) is 5.75. The van der Waals surface area contributed by atoms with Crippen LogP contribution in [0, 0.1) is 0 Å². The van der Waals surface area contributed by atoms with Crippen LogP contribution in [0.15, 0.2) is 0 Å². The lowest BCUT2D eigenvalue weighted by Gasteiger charge is -2.08. The van der Waals surface area contributed by atoms with E-state index in [9.17, 15) is 4.79 Å². The van der Waals surface area contributed by atoms with Gasteiger partial charge in [-0.2, -0.15) is 0 Å². The average molecular weight is 206 g/mol. The highest BCUT2D eigenvalue weighted by atomic mass is 33.1. The molecule has 0 saturated carbocycles. The maximum atomic E-state index is 11.1. The van der Waals surface area contributed by atoms with Gasteiger partial charge in [-0.05, 0) is 17.2 Å². The summed E-state index contributed by atoms with van der Waals surface area (Å²) in [6.45, 7) is 2.08. The van der Waals surface area contributed by atoms with Crippen molar-refractivity contribution in [2.45, 2.75) is 38.0 Å². The number of hydrogen-bond acceptors (Lipinski definition) is 4. The molecule has 1 fully saturated rings. The van der Waals surface area contributed by atoms with Crippen molar-refractivity contribution < 1.29 is 9.53 Å². The van der Waals surface area contributed by atoms with Crippen LogP contribution in [-0.4, -0.2) is 17.2 Å². The number of hydrogen-bond donors (Lipinski definition) is 0. The molecular weight excluding hydrogens is 192 g/mol. The van der Waals surface area contributed by atoms with Crippen molar-refractivity contribution in [1.29, 1.82) is 0 Å². The Balaban J connectivity index is 2.08. The molecular formula is C8H14O2S2. The SMILES string of the molecule is CCCCC(=O)O[C@H]1CCSS1. The molecule has 0 bridgehead atoms. The Morgan fingerprint density at radius 1 is 1.67 bits per heavy atom. The molecule has 4 heteroatoms. The summed E-state index contributed by atoms with van der Waals surface area (Å²) in [4.78, 5) is 11.1. The minimum atomic E-state index is -0.0307. The standard InChI is InChI=1S/C8H14O2S2/c1-2-3-4-7(9)10-8-5-6-11-12-8/h8H,2-6H2,1H3/t8-/m1/s1. The summed E-state index contributed by atoms with van der Waals surface area (Å²) in [6, 6.07) is 0. The average Bonchev–Trinajstić information content (AvgIpc) is 2.53. The molecule has 1 rings (SSSR count). The van der Waals surface area contributed by atoms with Gasteiger partial charge in [-0.1, -0.05) is 24.1 Å². The van der Waals surface area contributed by atoms with Gasteiger partial charge in [0.25, 0.3) is 0 Å². The van der Waals surface area contributed by atoms with Crippen LogP contribution >= 0.6 is 21.6 Å². The van der Waals surface area contributed by atoms with Gasteiger partial charge in [-0.3, -0.25) is 4.79 Å². The number of carbonyl (C=O) groups excluding carboxylic acids is 1. The number of rotatable bonds is 4. The fourth-order valence-electron chi connectivity index (χ4n) is 0.922. The molecule has 1 saturated heterocycles. The summed E-state index contributed by atoms with van der Waals surface area (Å²) in [5, 5.41) is 0. The number of carbonyl (C=O) groups is 1. The normalized spacial score (nSPS) is 22.6. The van der Waals surface area contributed by atoms with Crippen LogP contribution in [0.25, 0.3) is 0 Å². The molecule has 0 unspecified atom stereocenters. The Morgan fingerprint density at radius 3 is 3.08 bits per heavy atom. The number of unbranched alkanes of at least 4 members (excludes halogenated alkanes) is 1. The van der Waals surface area contributed by atoms with E-state index >= 15 is 0 Å². The lowest BCUT2D eigenvalue weighted by molar-refractivity contribution is -0.145. The van der Waals surface area contributed by atoms with Crippen LogP contribution in [0.2, 0.25) is 0 Å². The summed E-state index contributed by atoms with van der Waals surface area (Å²) < 4.78 is 5.22. The minimum absolute atomic E-state index is 0.0307. The molecule has 70 valence electrons. The predicted molar refractivity (Wildman–Crippen MR) is 54.1 cm³/mol. The first kappa shape index (κ1) is 10.3. The molecule has 1 atom stereocenters. The summed E-state index contributed by atoms with van der Waals surface area (Å²) >= 11 is 0. The van der Waals surface area contributed by atoms with Gasteiger partial charge in [0.05, 0.1) is 0 Å². The molecule has 12 heavy (non-hydrogen) atoms. The van der Waals surface area contributed by atoms with Gasteiger partial charge in [-0.15, -0.1) is 0 Å². The first-order valence-corrected chi connectivity index (χ1v) is 6.69. The van der Waals surface area contributed by atoms with Crippen LogP contribution in [0.1, 0.15) is 32.6 Å². The molecule has 0 radical (unpaired) electrons. The van der Waals surface area contributed by atoms with Crippen molar-refractivity contribution >= 4 is 27.6 Å². The third-order valence-electron chi connectivity index (χ3n) is 1.61. The molecule has 0 N–H and O–H groups in total. The third-order valence-corrected chi connectivity index (χ3v) is 4.25. The van der Waals surface area contributed by atoms with Crippen molar-refractivity contribution in [1.82, 2.24) is 0 Å². The summed E-state index contributed by atoms with van der Waals surface area (Å²) in [6.07, 6.45) is 3.59. The first-order valence-electron chi connectivity index (χ1n) is 4.30. The monoisotopic (exact) mass is 206 g/mol. The van der Waals surface area contributed by atoms with Crippen LogP contribution in [0.4, 0.5) is 0 Å². The lowest BCUT2D eigenvalue weighted by atomic mass is 10.2. The molecule has 0 aromatic rings. The van der Waals surface area contributed by atoms with Crippen molar-refractivity contribution in [3.8, 4) is 0 Å². The van der Waals surface area contributed by atoms with Crippen molar-refractivity contribution in [2.24, 2.45) is 0 Å². The first-order chi connectivity index (χ1) is 5.83. The number of ether oxygens (including phenoxy) is 1. The molecule has 0 aromatic carbocycles. The predicted octanol–water partition coefficient (Wildman–Crippen LogP) is 2.83. The van der Waals surface area contributed by atoms with Crippen LogP contribution in [-0.2, 0) is 9.53 Å². The zero-order valence-electron chi connectivity index (χ0n) is 7.25. The van der Waals surface area contributed by atoms with E-state index in [1.165, 1.54) is 0 Å². The Hall–Kier alpha value is 0.170. The second-order valence-corrected chi connectivity index (χ2v) is 5.38. The highest BCUT2D eigenvalue weighted by Gasteiger charge is 2.19. The van der Waals surface area contributed by atoms with E-state index < -0.39 is 0 Å². The minimum Gasteiger partial charge on any atom is -0.450 e. The van der Waals surface area contributed by atoms with E-state index in [1.807, 2.05) is 0 Å². The fraction of sp³-hybridized carbons (Fsp3) is 0.875. The van der Waals surface area contributed by atoms with Gasteiger partial charge in [-0.25, -0.2) is 0 Å². The molecule has 1 aliphatic rings. The maximum Gasteiger partial charge on any atom is 0.306 e. The molecule has 0 aromatic heterocycles. The van der Waals surface area contributed by atoms with E-state index in [-0.39, 0.29) is 11.4 Å². The van der Waals surface area contributed by atoms with E-state index in [4.69, 9.17) is 4.74 Å². The second-order valence-electron chi connectivity index (χ2n) is 2.73. The molecule has 0 amide bonds. The van der Waals surface area contributed by atoms with Crippen molar-refractivity contribution in [3.05, 3.63) is 0 Å². The van der Waals surface area contributed by atoms with Crippen LogP contribution < -0.4 is 0 Å². The molecule has 1 heterocycles. The Bertz CT molecular complexity index is 144. The van der Waals surface area contributed by atoms with Crippen molar-refractivity contribution in [2.75, 3.05) is 5.75 Å². The van der Waals surface area contributed by atoms with Gasteiger partial charge in [0, 0.05) is 18.6 Å². The van der Waals surface area contributed by atoms with Gasteiger partial charge < -0.3 is 4.74 Å². The molecule has 2 nitrogen and oxygen atoms in total. The van der Waals surface area contributed by atoms with Gasteiger partial charge in [0.1, 0.15) is 0 Å². The van der Waals surface area contributed by atoms with Crippen molar-refractivity contribution in [3.63, 3.8) is 0 Å². The van der Waals surface area contributed by atoms with Gasteiger partial charge >= 0.3 is 5.97 Å². The summed E-state index contributed by atoms with van der Waals surface area (Å²) in [5.74, 6) is 1.08. The zero-order chi connectivity index (χ0) is 8.81. The van der Waals surface area contributed by atoms with E-state index in [1.54, 1.807) is 21.6 Å². The zero-order valence-corrected chi connectivity index (χ0v) is 8.88. The molecule has 0 aliphatic carbocycles. The van der Waals surface area contributed by atoms with E-state index in [0.717, 1.165) is 25.0 Å². The third kappa shape index (κ3) is 3.72. The highest BCUT2D eigenvalue weighted by molar-refractivity contribution is 8.77.